The van der Waals surface area contributed by atoms with Gasteiger partial charge in [0.15, 0.2) is 16.6 Å². The van der Waals surface area contributed by atoms with E-state index in [1.807, 2.05) is 30.4 Å². The Labute approximate surface area is 172 Å². The molecule has 0 amide bonds. The van der Waals surface area contributed by atoms with Crippen LogP contribution < -0.4 is 11.4 Å². The topological polar surface area (TPSA) is 67.4 Å². The molecule has 9 heteroatoms. The van der Waals surface area contributed by atoms with Crippen molar-refractivity contribution in [2.24, 2.45) is 0 Å². The fourth-order valence-corrected chi connectivity index (χ4v) is 6.36. The molecule has 0 unspecified atom stereocenters. The molecular formula is C20H29N3O4Si2. The monoisotopic (exact) mass is 431 g/mol. The van der Waals surface area contributed by atoms with Gasteiger partial charge in [0, 0.05) is 0 Å². The molecule has 5 rings (SSSR count). The van der Waals surface area contributed by atoms with Crippen LogP contribution in [0.4, 0.5) is 0 Å². The molecule has 0 radical (unpaired) electrons. The molecule has 0 fully saturated rings. The minimum Gasteiger partial charge on any atom is -0.410 e. The number of nitrogens with zero attached hydrogens (tertiary/aromatic N) is 3. The van der Waals surface area contributed by atoms with Crippen molar-refractivity contribution in [3.05, 3.63) is 63.5 Å². The van der Waals surface area contributed by atoms with Crippen LogP contribution in [0.15, 0.2) is 52.1 Å². The van der Waals surface area contributed by atoms with Gasteiger partial charge in [0.05, 0.1) is 17.9 Å². The summed E-state index contributed by atoms with van der Waals surface area (Å²) in [6.45, 7) is 12.8. The van der Waals surface area contributed by atoms with Gasteiger partial charge < -0.3 is 8.85 Å². The van der Waals surface area contributed by atoms with E-state index in [4.69, 9.17) is 8.85 Å². The molecule has 3 aliphatic rings. The van der Waals surface area contributed by atoms with E-state index in [2.05, 4.69) is 39.3 Å². The third-order valence-electron chi connectivity index (χ3n) is 5.07. The average Bonchev–Trinajstić information content (AvgIpc) is 2.88. The summed E-state index contributed by atoms with van der Waals surface area (Å²) in [4.78, 5) is 26.6. The molecule has 2 bridgehead atoms. The smallest absolute Gasteiger partial charge is 0.352 e. The van der Waals surface area contributed by atoms with Crippen molar-refractivity contribution in [1.82, 2.24) is 13.9 Å². The van der Waals surface area contributed by atoms with Crippen molar-refractivity contribution >= 4 is 16.6 Å². The Bertz CT molecular complexity index is 993. The van der Waals surface area contributed by atoms with Crippen LogP contribution in [-0.2, 0) is 8.85 Å². The first-order valence-corrected chi connectivity index (χ1v) is 16.8. The van der Waals surface area contributed by atoms with Crippen molar-refractivity contribution in [3.8, 4) is 5.69 Å². The molecule has 3 heterocycles. The number of hydrogen-bond donors (Lipinski definition) is 0. The average molecular weight is 432 g/mol. The lowest BCUT2D eigenvalue weighted by molar-refractivity contribution is -0.0450. The van der Waals surface area contributed by atoms with Crippen LogP contribution in [0.5, 0.6) is 0 Å². The Morgan fingerprint density at radius 3 is 1.52 bits per heavy atom. The first kappa shape index (κ1) is 20.3. The van der Waals surface area contributed by atoms with Crippen molar-refractivity contribution < 1.29 is 8.85 Å². The Morgan fingerprint density at radius 1 is 0.724 bits per heavy atom. The minimum absolute atomic E-state index is 0.285. The van der Waals surface area contributed by atoms with E-state index in [0.717, 1.165) is 0 Å². The summed E-state index contributed by atoms with van der Waals surface area (Å²) in [6, 6.07) is 8.33. The predicted molar refractivity (Wildman–Crippen MR) is 118 cm³/mol. The third-order valence-corrected chi connectivity index (χ3v) is 7.03. The second kappa shape index (κ2) is 6.80. The normalized spacial score (nSPS) is 26.0. The second-order valence-electron chi connectivity index (χ2n) is 9.68. The Morgan fingerprint density at radius 2 is 1.14 bits per heavy atom. The van der Waals surface area contributed by atoms with E-state index >= 15 is 0 Å². The quantitative estimate of drug-likeness (QED) is 0.539. The van der Waals surface area contributed by atoms with Gasteiger partial charge in [0.2, 0.25) is 0 Å². The van der Waals surface area contributed by atoms with Crippen LogP contribution in [0, 0.1) is 0 Å². The second-order valence-corrected chi connectivity index (χ2v) is 18.6. The maximum atomic E-state index is 13.3. The van der Waals surface area contributed by atoms with Crippen LogP contribution in [0.25, 0.3) is 5.69 Å². The number of aromatic nitrogens is 3. The molecule has 2 aliphatic heterocycles. The summed E-state index contributed by atoms with van der Waals surface area (Å²) >= 11 is 0. The molecule has 1 aromatic carbocycles. The number of hydrogen-bond acceptors (Lipinski definition) is 4. The van der Waals surface area contributed by atoms with Gasteiger partial charge in [0.1, 0.15) is 12.1 Å². The minimum atomic E-state index is -1.92. The van der Waals surface area contributed by atoms with E-state index in [-0.39, 0.29) is 35.7 Å². The van der Waals surface area contributed by atoms with E-state index < -0.39 is 16.6 Å². The van der Waals surface area contributed by atoms with Crippen LogP contribution >= 0.6 is 0 Å². The van der Waals surface area contributed by atoms with Crippen LogP contribution in [0.1, 0.15) is 12.1 Å². The van der Waals surface area contributed by atoms with Crippen molar-refractivity contribution in [2.75, 3.05) is 0 Å². The van der Waals surface area contributed by atoms with Gasteiger partial charge in [-0.3, -0.25) is 0 Å². The fraction of sp³-hybridized carbons (Fsp3) is 0.500. The Hall–Kier alpha value is -1.95. The lowest BCUT2D eigenvalue weighted by atomic mass is 9.90. The van der Waals surface area contributed by atoms with E-state index in [0.29, 0.717) is 5.69 Å². The fourth-order valence-electron chi connectivity index (χ4n) is 4.18. The van der Waals surface area contributed by atoms with Gasteiger partial charge in [-0.15, -0.1) is 0 Å². The summed E-state index contributed by atoms with van der Waals surface area (Å²) in [5.41, 5.74) is -0.103. The highest BCUT2D eigenvalue weighted by atomic mass is 28.4. The molecule has 1 aliphatic carbocycles. The molecule has 4 atom stereocenters. The molecule has 29 heavy (non-hydrogen) atoms. The van der Waals surface area contributed by atoms with Gasteiger partial charge in [-0.05, 0) is 51.4 Å². The maximum absolute atomic E-state index is 13.3. The highest BCUT2D eigenvalue weighted by molar-refractivity contribution is 6.70. The summed E-state index contributed by atoms with van der Waals surface area (Å²) in [7, 11) is -3.83. The van der Waals surface area contributed by atoms with E-state index in [9.17, 15) is 9.59 Å². The highest BCUT2D eigenvalue weighted by Gasteiger charge is 2.50. The zero-order valence-corrected chi connectivity index (χ0v) is 19.8. The highest BCUT2D eigenvalue weighted by Crippen LogP contribution is 2.40. The van der Waals surface area contributed by atoms with Gasteiger partial charge in [-0.25, -0.2) is 23.5 Å². The Kier molecular flexibility index (Phi) is 4.76. The van der Waals surface area contributed by atoms with E-state index in [1.165, 1.54) is 4.57 Å². The molecule has 7 nitrogen and oxygen atoms in total. The number of benzene rings is 1. The maximum Gasteiger partial charge on any atom is 0.352 e. The number of rotatable bonds is 5. The van der Waals surface area contributed by atoms with Gasteiger partial charge in [-0.1, -0.05) is 30.4 Å². The van der Waals surface area contributed by atoms with Crippen LogP contribution in [0.3, 0.4) is 0 Å². The van der Waals surface area contributed by atoms with Crippen molar-refractivity contribution in [1.29, 1.82) is 0 Å². The lowest BCUT2D eigenvalue weighted by Gasteiger charge is -2.48. The standard InChI is InChI=1S/C20H29N3O4Si2/c1-28(2,3)26-17-15-12-13-16(18(17)27-29(4,5)6)23-20(25)21(19(24)22(15)23)14-10-8-7-9-11-14/h7-13,15-18H,1-6H3/t15-,16+,17+,18-. The van der Waals surface area contributed by atoms with E-state index in [1.54, 1.807) is 21.5 Å². The largest absolute Gasteiger partial charge is 0.410 e. The molecular weight excluding hydrogens is 402 g/mol. The number of fused-ring (bicyclic) bond motifs is 1. The van der Waals surface area contributed by atoms with Gasteiger partial charge in [0.25, 0.3) is 0 Å². The summed E-state index contributed by atoms with van der Waals surface area (Å²) < 4.78 is 17.5. The van der Waals surface area contributed by atoms with Crippen LogP contribution in [-0.4, -0.2) is 42.8 Å². The lowest BCUT2D eigenvalue weighted by Crippen LogP contribution is -2.60. The summed E-state index contributed by atoms with van der Waals surface area (Å²) in [5, 5.41) is 0. The SMILES string of the molecule is C[Si](C)(C)O[C@@H]1[C@H](O[Si](C)(C)C)[C@@H]2C=C[C@H]1n1c(=O)n(-c3ccccc3)c(=O)n12. The van der Waals surface area contributed by atoms with Crippen LogP contribution in [0.2, 0.25) is 39.3 Å². The third kappa shape index (κ3) is 3.56. The zero-order chi connectivity index (χ0) is 21.1. The van der Waals surface area contributed by atoms with Crippen molar-refractivity contribution in [3.63, 3.8) is 0 Å². The first-order chi connectivity index (χ1) is 13.5. The molecule has 2 aromatic rings. The molecule has 0 saturated heterocycles. The van der Waals surface area contributed by atoms with Gasteiger partial charge >= 0.3 is 11.4 Å². The van der Waals surface area contributed by atoms with Crippen molar-refractivity contribution in [2.45, 2.75) is 63.6 Å². The summed E-state index contributed by atoms with van der Waals surface area (Å²) in [6.07, 6.45) is 3.42. The molecule has 0 saturated carbocycles. The summed E-state index contributed by atoms with van der Waals surface area (Å²) in [5.74, 6) is 0. The molecule has 0 N–H and O–H groups in total. The Balaban J connectivity index is 1.90. The predicted octanol–water partition coefficient (Wildman–Crippen LogP) is 2.91. The first-order valence-electron chi connectivity index (χ1n) is 10.0. The van der Waals surface area contributed by atoms with Gasteiger partial charge in [-0.2, -0.15) is 0 Å². The zero-order valence-electron chi connectivity index (χ0n) is 17.8. The molecule has 0 spiro atoms. The number of para-hydroxylation sites is 1. The molecule has 156 valence electrons. The molecule has 1 aromatic heterocycles.